The lowest BCUT2D eigenvalue weighted by atomic mass is 10.1. The van der Waals surface area contributed by atoms with E-state index in [1.165, 1.54) is 5.56 Å². The van der Waals surface area contributed by atoms with Crippen LogP contribution in [0.25, 0.3) is 22.2 Å². The number of aryl methyl sites for hydroxylation is 1. The molecule has 4 aromatic rings. The zero-order chi connectivity index (χ0) is 20.5. The highest BCUT2D eigenvalue weighted by Crippen LogP contribution is 2.31. The molecule has 7 heteroatoms. The maximum Gasteiger partial charge on any atom is 0.250 e. The molecule has 2 aromatic carbocycles. The van der Waals surface area contributed by atoms with Crippen LogP contribution in [-0.2, 0) is 0 Å². The third-order valence-electron chi connectivity index (χ3n) is 4.75. The molecule has 0 aliphatic heterocycles. The highest BCUT2D eigenvalue weighted by Gasteiger charge is 2.17. The van der Waals surface area contributed by atoms with Crippen molar-refractivity contribution in [3.05, 3.63) is 71.7 Å². The van der Waals surface area contributed by atoms with Gasteiger partial charge in [0.25, 0.3) is 5.91 Å². The van der Waals surface area contributed by atoms with Crippen LogP contribution < -0.4 is 16.2 Å². The Kier molecular flexibility index (Phi) is 4.64. The SMILES string of the molecule is Cc1ccc(-c2cnc(N)c(OC(C)c3nc4c(C(N)=O)cccc4[nH]3)c2)cc1. The van der Waals surface area contributed by atoms with Gasteiger partial charge in [-0.15, -0.1) is 0 Å². The molecule has 7 nitrogen and oxygen atoms in total. The Bertz CT molecular complexity index is 1200. The molecule has 29 heavy (non-hydrogen) atoms. The fraction of sp³-hybridized carbons (Fsp3) is 0.136. The zero-order valence-electron chi connectivity index (χ0n) is 16.1. The molecule has 0 bridgehead atoms. The Labute approximate surface area is 167 Å². The standard InChI is InChI=1S/C22H21N5O2/c1-12-6-8-14(9-7-12)15-10-18(20(23)25-11-15)29-13(2)22-26-17-5-3-4-16(21(24)28)19(17)27-22/h3-11,13H,1-2H3,(H2,23,25)(H2,24,28)(H,26,27). The van der Waals surface area contributed by atoms with E-state index >= 15 is 0 Å². The van der Waals surface area contributed by atoms with Crippen LogP contribution in [-0.4, -0.2) is 20.9 Å². The van der Waals surface area contributed by atoms with Crippen molar-refractivity contribution in [3.8, 4) is 16.9 Å². The van der Waals surface area contributed by atoms with Gasteiger partial charge in [0.2, 0.25) is 0 Å². The van der Waals surface area contributed by atoms with Crippen molar-refractivity contribution in [2.75, 3.05) is 5.73 Å². The zero-order valence-corrected chi connectivity index (χ0v) is 16.1. The number of para-hydroxylation sites is 1. The van der Waals surface area contributed by atoms with E-state index in [1.54, 1.807) is 18.3 Å². The lowest BCUT2D eigenvalue weighted by molar-refractivity contribution is 0.100. The van der Waals surface area contributed by atoms with Gasteiger partial charge >= 0.3 is 0 Å². The molecule has 1 amide bonds. The van der Waals surface area contributed by atoms with Crippen molar-refractivity contribution < 1.29 is 9.53 Å². The summed E-state index contributed by atoms with van der Waals surface area (Å²) < 4.78 is 6.05. The topological polar surface area (TPSA) is 120 Å². The Morgan fingerprint density at radius 3 is 2.62 bits per heavy atom. The number of primary amides is 1. The van der Waals surface area contributed by atoms with Crippen LogP contribution in [0.4, 0.5) is 5.82 Å². The predicted octanol–water partition coefficient (Wildman–Crippen LogP) is 3.75. The minimum Gasteiger partial charge on any atom is -0.479 e. The van der Waals surface area contributed by atoms with Crippen LogP contribution in [0, 0.1) is 6.92 Å². The number of aromatic amines is 1. The summed E-state index contributed by atoms with van der Waals surface area (Å²) in [5.41, 5.74) is 16.2. The molecule has 4 rings (SSSR count). The number of rotatable bonds is 5. The van der Waals surface area contributed by atoms with E-state index in [2.05, 4.69) is 15.0 Å². The summed E-state index contributed by atoms with van der Waals surface area (Å²) >= 11 is 0. The van der Waals surface area contributed by atoms with Crippen LogP contribution in [0.15, 0.2) is 54.7 Å². The van der Waals surface area contributed by atoms with Crippen LogP contribution >= 0.6 is 0 Å². The number of carbonyl (C=O) groups excluding carboxylic acids is 1. The molecular formula is C22H21N5O2. The second-order valence-corrected chi connectivity index (χ2v) is 6.92. The van der Waals surface area contributed by atoms with Crippen LogP contribution in [0.5, 0.6) is 5.75 Å². The Morgan fingerprint density at radius 1 is 1.14 bits per heavy atom. The van der Waals surface area contributed by atoms with Crippen molar-refractivity contribution in [1.82, 2.24) is 15.0 Å². The summed E-state index contributed by atoms with van der Waals surface area (Å²) in [6.07, 6.45) is 1.28. The summed E-state index contributed by atoms with van der Waals surface area (Å²) in [7, 11) is 0. The molecule has 2 aromatic heterocycles. The number of hydrogen-bond donors (Lipinski definition) is 3. The molecule has 1 unspecified atom stereocenters. The Hall–Kier alpha value is -3.87. The number of carbonyl (C=O) groups is 1. The molecule has 1 atom stereocenters. The normalized spacial score (nSPS) is 12.1. The van der Waals surface area contributed by atoms with E-state index < -0.39 is 12.0 Å². The van der Waals surface area contributed by atoms with E-state index in [0.717, 1.165) is 11.1 Å². The van der Waals surface area contributed by atoms with Gasteiger partial charge in [0.15, 0.2) is 17.7 Å². The molecule has 0 spiro atoms. The fourth-order valence-electron chi connectivity index (χ4n) is 3.14. The first-order chi connectivity index (χ1) is 13.9. The van der Waals surface area contributed by atoms with Crippen LogP contribution in [0.3, 0.4) is 0 Å². The van der Waals surface area contributed by atoms with Crippen LogP contribution in [0.1, 0.15) is 34.8 Å². The van der Waals surface area contributed by atoms with Gasteiger partial charge in [-0.25, -0.2) is 9.97 Å². The van der Waals surface area contributed by atoms with Gasteiger partial charge in [0.1, 0.15) is 11.3 Å². The molecule has 0 saturated carbocycles. The number of benzene rings is 2. The predicted molar refractivity (Wildman–Crippen MR) is 112 cm³/mol. The average molecular weight is 387 g/mol. The van der Waals surface area contributed by atoms with E-state index in [0.29, 0.717) is 34.0 Å². The maximum atomic E-state index is 11.6. The minimum absolute atomic E-state index is 0.293. The third kappa shape index (κ3) is 3.62. The lowest BCUT2D eigenvalue weighted by Gasteiger charge is -2.15. The van der Waals surface area contributed by atoms with Gasteiger partial charge in [-0.05, 0) is 37.6 Å². The molecular weight excluding hydrogens is 366 g/mol. The summed E-state index contributed by atoms with van der Waals surface area (Å²) in [5, 5.41) is 0. The highest BCUT2D eigenvalue weighted by molar-refractivity contribution is 6.04. The van der Waals surface area contributed by atoms with Crippen molar-refractivity contribution in [2.45, 2.75) is 20.0 Å². The first-order valence-electron chi connectivity index (χ1n) is 9.20. The minimum atomic E-state index is -0.526. The summed E-state index contributed by atoms with van der Waals surface area (Å²) in [4.78, 5) is 23.6. The van der Waals surface area contributed by atoms with Crippen molar-refractivity contribution >= 4 is 22.8 Å². The molecule has 0 saturated heterocycles. The summed E-state index contributed by atoms with van der Waals surface area (Å²) in [6.45, 7) is 3.89. The Balaban J connectivity index is 1.64. The number of nitrogen functional groups attached to an aromatic ring is 1. The van der Waals surface area contributed by atoms with E-state index in [-0.39, 0.29) is 0 Å². The van der Waals surface area contributed by atoms with E-state index in [4.69, 9.17) is 16.2 Å². The van der Waals surface area contributed by atoms with Gasteiger partial charge in [0, 0.05) is 11.8 Å². The fourth-order valence-corrected chi connectivity index (χ4v) is 3.14. The first kappa shape index (κ1) is 18.5. The number of amides is 1. The second kappa shape index (κ2) is 7.27. The van der Waals surface area contributed by atoms with Crippen molar-refractivity contribution in [1.29, 1.82) is 0 Å². The Morgan fingerprint density at radius 2 is 1.90 bits per heavy atom. The maximum absolute atomic E-state index is 11.6. The molecule has 0 radical (unpaired) electrons. The summed E-state index contributed by atoms with van der Waals surface area (Å²) in [6, 6.07) is 15.2. The number of ether oxygens (including phenoxy) is 1. The van der Waals surface area contributed by atoms with Gasteiger partial charge in [-0.3, -0.25) is 4.79 Å². The smallest absolute Gasteiger partial charge is 0.250 e. The third-order valence-corrected chi connectivity index (χ3v) is 4.75. The average Bonchev–Trinajstić information content (AvgIpc) is 3.14. The second-order valence-electron chi connectivity index (χ2n) is 6.92. The van der Waals surface area contributed by atoms with Crippen LogP contribution in [0.2, 0.25) is 0 Å². The molecule has 5 N–H and O–H groups in total. The van der Waals surface area contributed by atoms with E-state index in [1.807, 2.05) is 50.2 Å². The molecule has 146 valence electrons. The molecule has 0 aliphatic rings. The highest BCUT2D eigenvalue weighted by atomic mass is 16.5. The van der Waals surface area contributed by atoms with E-state index in [9.17, 15) is 4.79 Å². The number of nitrogens with one attached hydrogen (secondary N) is 1. The number of aromatic nitrogens is 3. The quantitative estimate of drug-likeness (QED) is 0.482. The first-order valence-corrected chi connectivity index (χ1v) is 9.20. The number of imidazole rings is 1. The van der Waals surface area contributed by atoms with Gasteiger partial charge in [-0.1, -0.05) is 35.9 Å². The van der Waals surface area contributed by atoms with Gasteiger partial charge < -0.3 is 21.2 Å². The number of nitrogens with zero attached hydrogens (tertiary/aromatic N) is 2. The number of fused-ring (bicyclic) bond motifs is 1. The number of pyridine rings is 1. The van der Waals surface area contributed by atoms with Crippen molar-refractivity contribution in [3.63, 3.8) is 0 Å². The largest absolute Gasteiger partial charge is 0.479 e. The summed E-state index contributed by atoms with van der Waals surface area (Å²) in [5.74, 6) is 0.795. The molecule has 0 aliphatic carbocycles. The lowest BCUT2D eigenvalue weighted by Crippen LogP contribution is -2.11. The number of nitrogens with two attached hydrogens (primary N) is 2. The van der Waals surface area contributed by atoms with Gasteiger partial charge in [0.05, 0.1) is 11.1 Å². The molecule has 0 fully saturated rings. The number of hydrogen-bond acceptors (Lipinski definition) is 5. The molecule has 2 heterocycles. The van der Waals surface area contributed by atoms with Crippen molar-refractivity contribution in [2.24, 2.45) is 5.73 Å². The number of anilines is 1. The monoisotopic (exact) mass is 387 g/mol. The number of H-pyrrole nitrogens is 1. The van der Waals surface area contributed by atoms with Gasteiger partial charge in [-0.2, -0.15) is 0 Å².